The topological polar surface area (TPSA) is 152 Å². The van der Waals surface area contributed by atoms with E-state index < -0.39 is 34.1 Å². The van der Waals surface area contributed by atoms with Crippen molar-refractivity contribution in [2.75, 3.05) is 9.80 Å². The highest BCUT2D eigenvalue weighted by Gasteiger charge is 2.38. The zero-order valence-electron chi connectivity index (χ0n) is 34.3. The van der Waals surface area contributed by atoms with E-state index in [1.807, 2.05) is 13.8 Å². The number of carbonyl (C=O) groups is 4. The van der Waals surface area contributed by atoms with Crippen LogP contribution in [0.1, 0.15) is 65.2 Å². The number of halogens is 2. The predicted molar refractivity (Wildman–Crippen MR) is 238 cm³/mol. The number of nitriles is 2. The summed E-state index contributed by atoms with van der Waals surface area (Å²) in [6, 6.07) is 34.2. The lowest BCUT2D eigenvalue weighted by molar-refractivity contribution is -0.119. The van der Waals surface area contributed by atoms with Gasteiger partial charge in [0.05, 0.1) is 79.1 Å². The van der Waals surface area contributed by atoms with Gasteiger partial charge in [-0.2, -0.15) is 10.5 Å². The van der Waals surface area contributed by atoms with Crippen molar-refractivity contribution in [1.29, 1.82) is 10.5 Å². The third kappa shape index (κ3) is 8.97. The molecule has 64 heavy (non-hydrogen) atoms. The zero-order valence-corrected chi connectivity index (χ0v) is 35.9. The molecule has 2 aliphatic heterocycles. The van der Waals surface area contributed by atoms with Crippen molar-refractivity contribution < 1.29 is 37.8 Å². The number of nitrogens with zero attached hydrogens (tertiary/aromatic N) is 4. The molecule has 2 aliphatic rings. The lowest BCUT2D eigenvalue weighted by Crippen LogP contribution is -2.42. The van der Waals surface area contributed by atoms with Gasteiger partial charge in [-0.1, -0.05) is 42.5 Å². The molecule has 0 aromatic heterocycles. The maximum Gasteiger partial charge on any atom is 0.343 e. The number of hydrogen-bond acceptors (Lipinski definition) is 9. The molecule has 0 saturated carbocycles. The monoisotopic (exact) mass is 890 g/mol. The first-order valence-electron chi connectivity index (χ1n) is 20.0. The number of benzene rings is 6. The van der Waals surface area contributed by atoms with Crippen molar-refractivity contribution in [3.63, 3.8) is 0 Å². The molecule has 2 amide bonds. The highest BCUT2D eigenvalue weighted by Crippen LogP contribution is 2.46. The molecule has 6 aromatic carbocycles. The van der Waals surface area contributed by atoms with Gasteiger partial charge in [0.1, 0.15) is 17.4 Å². The number of aromatic carboxylic acids is 1. The van der Waals surface area contributed by atoms with Gasteiger partial charge in [-0.15, -0.1) is 23.5 Å². The molecule has 2 heterocycles. The van der Waals surface area contributed by atoms with Crippen molar-refractivity contribution in [3.8, 4) is 17.9 Å². The molecule has 0 saturated heterocycles. The van der Waals surface area contributed by atoms with Crippen molar-refractivity contribution in [1.82, 2.24) is 0 Å². The van der Waals surface area contributed by atoms with E-state index in [9.17, 15) is 34.8 Å². The average Bonchev–Trinajstić information content (AvgIpc) is 3.28. The summed E-state index contributed by atoms with van der Waals surface area (Å²) >= 11 is 2.18. The van der Waals surface area contributed by atoms with Gasteiger partial charge in [-0.25, -0.2) is 18.4 Å². The Kier molecular flexibility index (Phi) is 12.4. The summed E-state index contributed by atoms with van der Waals surface area (Å²) in [5.74, 6) is -3.72. The molecule has 6 aromatic rings. The lowest BCUT2D eigenvalue weighted by atomic mass is 10.0. The fourth-order valence-electron chi connectivity index (χ4n) is 7.69. The molecule has 0 fully saturated rings. The van der Waals surface area contributed by atoms with E-state index in [1.165, 1.54) is 41.3 Å². The summed E-state index contributed by atoms with van der Waals surface area (Å²) in [7, 11) is 0. The van der Waals surface area contributed by atoms with E-state index >= 15 is 8.78 Å². The molecular weight excluding hydrogens is 855 g/mol. The number of ether oxygens (including phenoxy) is 1. The number of hydrogen-bond donors (Lipinski definition) is 1. The number of fused-ring (bicyclic) bond motifs is 2. The summed E-state index contributed by atoms with van der Waals surface area (Å²) in [6.45, 7) is 3.88. The highest BCUT2D eigenvalue weighted by molar-refractivity contribution is 8.01. The molecule has 0 unspecified atom stereocenters. The Labute approximate surface area is 375 Å². The Morgan fingerprint density at radius 2 is 1.16 bits per heavy atom. The molecule has 0 aliphatic carbocycles. The normalized spacial score (nSPS) is 15.5. The number of esters is 1. The molecule has 318 valence electrons. The number of carboxylic acid groups (broad SMARTS) is 1. The van der Waals surface area contributed by atoms with Crippen LogP contribution in [-0.2, 0) is 35.5 Å². The molecular formula is C50H36F2N4O6S2. The number of amides is 2. The Morgan fingerprint density at radius 3 is 1.66 bits per heavy atom. The Bertz CT molecular complexity index is 2970. The van der Waals surface area contributed by atoms with Crippen LogP contribution in [0, 0.1) is 48.1 Å². The first-order valence-corrected chi connectivity index (χ1v) is 21.8. The van der Waals surface area contributed by atoms with E-state index in [-0.39, 0.29) is 65.2 Å². The minimum atomic E-state index is -1.08. The SMILES string of the molecule is Cc1cc(C#N)ccc1CN1C(=O)[C@H](Cc2ccc(C(=O)O)cc2)Sc2c(F)cc(OC(=O)c3ccc(C[C@H]4Sc5c(F)cccc5N(Cc5ccc(C#N)cc5C)C4=O)cc3)cc21. The van der Waals surface area contributed by atoms with Crippen LogP contribution in [0.25, 0.3) is 0 Å². The van der Waals surface area contributed by atoms with Crippen LogP contribution in [0.3, 0.4) is 0 Å². The van der Waals surface area contributed by atoms with Gasteiger partial charge >= 0.3 is 11.9 Å². The predicted octanol–water partition coefficient (Wildman–Crippen LogP) is 9.74. The fourth-order valence-corrected chi connectivity index (χ4v) is 10.2. The molecule has 8 rings (SSSR count). The van der Waals surface area contributed by atoms with Gasteiger partial charge in [-0.3, -0.25) is 9.59 Å². The first-order chi connectivity index (χ1) is 30.8. The van der Waals surface area contributed by atoms with E-state index in [2.05, 4.69) is 12.1 Å². The van der Waals surface area contributed by atoms with Crippen molar-refractivity contribution in [2.24, 2.45) is 0 Å². The summed E-state index contributed by atoms with van der Waals surface area (Å²) in [4.78, 5) is 56.8. The maximum absolute atomic E-state index is 16.2. The van der Waals surface area contributed by atoms with Gasteiger partial charge in [0.25, 0.3) is 0 Å². The zero-order chi connectivity index (χ0) is 45.2. The van der Waals surface area contributed by atoms with Crippen LogP contribution in [0.2, 0.25) is 0 Å². The van der Waals surface area contributed by atoms with E-state index in [4.69, 9.17) is 4.74 Å². The van der Waals surface area contributed by atoms with Crippen LogP contribution in [0.5, 0.6) is 5.75 Å². The third-order valence-electron chi connectivity index (χ3n) is 11.2. The molecule has 0 radical (unpaired) electrons. The first kappa shape index (κ1) is 43.4. The van der Waals surface area contributed by atoms with Crippen LogP contribution < -0.4 is 14.5 Å². The van der Waals surface area contributed by atoms with Gasteiger partial charge in [0.2, 0.25) is 11.8 Å². The number of thioether (sulfide) groups is 2. The smallest absolute Gasteiger partial charge is 0.343 e. The Morgan fingerprint density at radius 1 is 0.656 bits per heavy atom. The molecule has 2 atom stereocenters. The summed E-state index contributed by atoms with van der Waals surface area (Å²) in [5.41, 5.74) is 6.34. The van der Waals surface area contributed by atoms with Crippen LogP contribution in [-0.4, -0.2) is 39.4 Å². The number of rotatable bonds is 11. The van der Waals surface area contributed by atoms with Crippen molar-refractivity contribution in [2.45, 2.75) is 60.1 Å². The van der Waals surface area contributed by atoms with Gasteiger partial charge in [0, 0.05) is 12.1 Å². The van der Waals surface area contributed by atoms with Crippen molar-refractivity contribution >= 4 is 58.7 Å². The number of anilines is 2. The van der Waals surface area contributed by atoms with E-state index in [1.54, 1.807) is 77.7 Å². The number of carboxylic acids is 1. The third-order valence-corrected chi connectivity index (χ3v) is 13.8. The summed E-state index contributed by atoms with van der Waals surface area (Å²) in [6.07, 6.45) is 0.409. The number of carbonyl (C=O) groups excluding carboxylic acids is 3. The van der Waals surface area contributed by atoms with Crippen LogP contribution in [0.15, 0.2) is 125 Å². The maximum atomic E-state index is 16.2. The van der Waals surface area contributed by atoms with Crippen LogP contribution >= 0.6 is 23.5 Å². The molecule has 10 nitrogen and oxygen atoms in total. The molecule has 1 N–H and O–H groups in total. The van der Waals surface area contributed by atoms with E-state index in [0.717, 1.165) is 51.8 Å². The Balaban J connectivity index is 1.01. The second-order valence-corrected chi connectivity index (χ2v) is 17.8. The second kappa shape index (κ2) is 18.2. The molecule has 0 bridgehead atoms. The van der Waals surface area contributed by atoms with Gasteiger partial charge in [-0.05, 0) is 121 Å². The lowest BCUT2D eigenvalue weighted by Gasteiger charge is -2.34. The second-order valence-electron chi connectivity index (χ2n) is 15.4. The van der Waals surface area contributed by atoms with E-state index in [0.29, 0.717) is 32.8 Å². The average molecular weight is 891 g/mol. The Hall–Kier alpha value is -7.26. The standard InChI is InChI=1S/C50H36F2N4O6S2/c1-28-18-32(24-53)10-16-36(28)26-55-41-5-3-4-39(51)45(41)63-43(47(55)57)21-31-8-14-35(15-9-31)50(61)62-38-22-40(52)46-42(23-38)56(27-37-17-11-33(25-54)19-29(37)2)48(58)44(64-46)20-30-6-12-34(13-7-30)49(59)60/h3-19,22-23,43-44H,20-21,26-27H2,1-2H3,(H,59,60)/t43-,44+/m1/s1. The summed E-state index contributed by atoms with van der Waals surface area (Å²) < 4.78 is 37.1. The largest absolute Gasteiger partial charge is 0.478 e. The minimum absolute atomic E-state index is 0.0313. The number of aryl methyl sites for hydroxylation is 2. The van der Waals surface area contributed by atoms with Crippen molar-refractivity contribution in [3.05, 3.63) is 183 Å². The molecule has 0 spiro atoms. The quantitative estimate of drug-likeness (QED) is 0.0983. The van der Waals surface area contributed by atoms with Crippen LogP contribution in [0.4, 0.5) is 20.2 Å². The fraction of sp³-hybridized carbons (Fsp3) is 0.160. The summed E-state index contributed by atoms with van der Waals surface area (Å²) in [5, 5.41) is 26.6. The van der Waals surface area contributed by atoms with Gasteiger partial charge in [0.15, 0.2) is 0 Å². The molecule has 14 heteroatoms. The van der Waals surface area contributed by atoms with Gasteiger partial charge < -0.3 is 19.6 Å². The highest BCUT2D eigenvalue weighted by atomic mass is 32.2. The minimum Gasteiger partial charge on any atom is -0.478 e.